The van der Waals surface area contributed by atoms with E-state index in [4.69, 9.17) is 14.2 Å². The summed E-state index contributed by atoms with van der Waals surface area (Å²) in [6.45, 7) is 18.8. The molecule has 1 N–H and O–H groups in total. The van der Waals surface area contributed by atoms with E-state index >= 15 is 0 Å². The molecule has 6 atom stereocenters. The molecule has 0 aromatic heterocycles. The Labute approximate surface area is 216 Å². The van der Waals surface area contributed by atoms with Gasteiger partial charge in [-0.3, -0.25) is 0 Å². The first-order valence-corrected chi connectivity index (χ1v) is 13.6. The van der Waals surface area contributed by atoms with Gasteiger partial charge in [-0.25, -0.2) is 4.79 Å². The van der Waals surface area contributed by atoms with Gasteiger partial charge in [-0.15, -0.1) is 0 Å². The van der Waals surface area contributed by atoms with E-state index in [1.54, 1.807) is 0 Å². The van der Waals surface area contributed by atoms with Gasteiger partial charge >= 0.3 is 5.97 Å². The SMILES string of the molecule is C=C1CCC2[C@]3(C)COC(C)(C)OC3CC[C@]2(C)[C@H]1CC(Nc1cccc(C)c1C)C1=CCOC1=O. The molecule has 5 nitrogen and oxygen atoms in total. The third-order valence-electron chi connectivity index (χ3n) is 10.0. The molecule has 5 rings (SSSR count). The third-order valence-corrected chi connectivity index (χ3v) is 10.0. The van der Waals surface area contributed by atoms with Crippen LogP contribution in [0.4, 0.5) is 5.69 Å². The van der Waals surface area contributed by atoms with Crippen LogP contribution in [0.1, 0.15) is 70.9 Å². The smallest absolute Gasteiger partial charge is 0.336 e. The average Bonchev–Trinajstić information content (AvgIpc) is 3.24. The second kappa shape index (κ2) is 9.02. The minimum Gasteiger partial charge on any atom is -0.458 e. The molecular weight excluding hydrogens is 450 g/mol. The fourth-order valence-electron chi connectivity index (χ4n) is 7.75. The largest absolute Gasteiger partial charge is 0.458 e. The Bertz CT molecular complexity index is 1090. The maximum atomic E-state index is 12.8. The lowest BCUT2D eigenvalue weighted by atomic mass is 9.45. The quantitative estimate of drug-likeness (QED) is 0.375. The van der Waals surface area contributed by atoms with E-state index in [0.29, 0.717) is 18.4 Å². The summed E-state index contributed by atoms with van der Waals surface area (Å²) < 4.78 is 18.1. The topological polar surface area (TPSA) is 56.8 Å². The van der Waals surface area contributed by atoms with Gasteiger partial charge in [-0.2, -0.15) is 0 Å². The van der Waals surface area contributed by atoms with Gasteiger partial charge in [0, 0.05) is 11.1 Å². The van der Waals surface area contributed by atoms with Gasteiger partial charge in [0.15, 0.2) is 5.79 Å². The Morgan fingerprint density at radius 2 is 1.92 bits per heavy atom. The van der Waals surface area contributed by atoms with Crippen LogP contribution in [-0.2, 0) is 19.0 Å². The summed E-state index contributed by atoms with van der Waals surface area (Å²) in [6.07, 6.45) is 7.25. The summed E-state index contributed by atoms with van der Waals surface area (Å²) >= 11 is 0. The van der Waals surface area contributed by atoms with Crippen molar-refractivity contribution < 1.29 is 19.0 Å². The molecule has 0 spiro atoms. The first-order valence-electron chi connectivity index (χ1n) is 13.6. The van der Waals surface area contributed by atoms with Gasteiger partial charge in [0.05, 0.1) is 24.3 Å². The Morgan fingerprint density at radius 1 is 1.14 bits per heavy atom. The van der Waals surface area contributed by atoms with Crippen LogP contribution in [0.5, 0.6) is 0 Å². The molecule has 2 heterocycles. The van der Waals surface area contributed by atoms with Gasteiger partial charge in [0.1, 0.15) is 6.61 Å². The van der Waals surface area contributed by atoms with Crippen molar-refractivity contribution in [3.05, 3.63) is 53.1 Å². The van der Waals surface area contributed by atoms with Crippen molar-refractivity contribution in [2.75, 3.05) is 18.5 Å². The Kier molecular flexibility index (Phi) is 6.40. The summed E-state index contributed by atoms with van der Waals surface area (Å²) in [5.74, 6) is 0.0426. The molecular formula is C31H43NO4. The zero-order valence-corrected chi connectivity index (χ0v) is 22.9. The van der Waals surface area contributed by atoms with Crippen LogP contribution in [0.2, 0.25) is 0 Å². The number of allylic oxidation sites excluding steroid dienone is 1. The molecule has 5 heteroatoms. The van der Waals surface area contributed by atoms with E-state index in [2.05, 4.69) is 57.8 Å². The molecule has 3 fully saturated rings. The van der Waals surface area contributed by atoms with Crippen molar-refractivity contribution in [2.24, 2.45) is 22.7 Å². The number of anilines is 1. The highest BCUT2D eigenvalue weighted by atomic mass is 16.7. The van der Waals surface area contributed by atoms with Crippen molar-refractivity contribution in [1.82, 2.24) is 0 Å². The molecule has 2 aliphatic heterocycles. The van der Waals surface area contributed by atoms with E-state index < -0.39 is 5.79 Å². The number of cyclic esters (lactones) is 1. The fourth-order valence-corrected chi connectivity index (χ4v) is 7.75. The first-order chi connectivity index (χ1) is 16.9. The number of carbonyl (C=O) groups is 1. The average molecular weight is 494 g/mol. The monoisotopic (exact) mass is 493 g/mol. The van der Waals surface area contributed by atoms with Crippen molar-refractivity contribution in [2.45, 2.75) is 91.6 Å². The van der Waals surface area contributed by atoms with Gasteiger partial charge < -0.3 is 19.5 Å². The van der Waals surface area contributed by atoms with Crippen LogP contribution in [0.15, 0.2) is 42.0 Å². The molecule has 1 aromatic carbocycles. The molecule has 196 valence electrons. The molecule has 0 radical (unpaired) electrons. The molecule has 36 heavy (non-hydrogen) atoms. The number of rotatable bonds is 5. The van der Waals surface area contributed by atoms with Gasteiger partial charge in [0.25, 0.3) is 0 Å². The molecule has 1 aromatic rings. The Morgan fingerprint density at radius 3 is 2.64 bits per heavy atom. The lowest BCUT2D eigenvalue weighted by molar-refractivity contribution is -0.344. The van der Waals surface area contributed by atoms with Gasteiger partial charge in [-0.05, 0) is 100 Å². The van der Waals surface area contributed by atoms with Crippen molar-refractivity contribution >= 4 is 11.7 Å². The summed E-state index contributed by atoms with van der Waals surface area (Å²) in [4.78, 5) is 12.8. The molecule has 0 bridgehead atoms. The van der Waals surface area contributed by atoms with Crippen LogP contribution >= 0.6 is 0 Å². The molecule has 2 aliphatic carbocycles. The second-order valence-corrected chi connectivity index (χ2v) is 12.6. The van der Waals surface area contributed by atoms with Crippen LogP contribution in [0.3, 0.4) is 0 Å². The number of hydrogen-bond donors (Lipinski definition) is 1. The van der Waals surface area contributed by atoms with E-state index in [1.807, 2.05) is 19.9 Å². The highest BCUT2D eigenvalue weighted by Gasteiger charge is 2.61. The zero-order valence-electron chi connectivity index (χ0n) is 22.9. The molecule has 4 aliphatic rings. The van der Waals surface area contributed by atoms with Gasteiger partial charge in [0.2, 0.25) is 0 Å². The van der Waals surface area contributed by atoms with Crippen LogP contribution in [0.25, 0.3) is 0 Å². The second-order valence-electron chi connectivity index (χ2n) is 12.6. The predicted octanol–water partition coefficient (Wildman–Crippen LogP) is 6.50. The number of esters is 1. The third kappa shape index (κ3) is 4.22. The predicted molar refractivity (Wildman–Crippen MR) is 143 cm³/mol. The molecule has 3 unspecified atom stereocenters. The standard InChI is InChI=1S/C31H43NO4/c1-19-9-8-10-24(21(19)3)32-25(22-14-16-34-28(22)33)17-23-20(2)11-12-26-30(23,6)15-13-27-31(26,7)18-35-29(4,5)36-27/h8-10,14,23,25-27,32H,2,11-13,15-18H2,1,3-7H3/t23-,25?,26?,27?,30+,31-/m0/s1. The van der Waals surface area contributed by atoms with Crippen LogP contribution in [0, 0.1) is 36.5 Å². The summed E-state index contributed by atoms with van der Waals surface area (Å²) in [5.41, 5.74) is 5.64. The Hall–Kier alpha value is -2.11. The number of fused-ring (bicyclic) bond motifs is 3. The van der Waals surface area contributed by atoms with Gasteiger partial charge in [-0.1, -0.05) is 38.1 Å². The normalized spacial score (nSPS) is 36.4. The fraction of sp³-hybridized carbons (Fsp3) is 0.645. The number of carbonyl (C=O) groups excluding carboxylic acids is 1. The number of nitrogens with one attached hydrogen (secondary N) is 1. The summed E-state index contributed by atoms with van der Waals surface area (Å²) in [6, 6.07) is 6.19. The molecule has 0 amide bonds. The number of ether oxygens (including phenoxy) is 3. The minimum absolute atomic E-state index is 0.0247. The van der Waals surface area contributed by atoms with E-state index in [-0.39, 0.29) is 28.9 Å². The van der Waals surface area contributed by atoms with Crippen molar-refractivity contribution in [3.63, 3.8) is 0 Å². The highest BCUT2D eigenvalue weighted by Crippen LogP contribution is 2.64. The van der Waals surface area contributed by atoms with Crippen LogP contribution < -0.4 is 5.32 Å². The Balaban J connectivity index is 1.47. The van der Waals surface area contributed by atoms with Crippen LogP contribution in [-0.4, -0.2) is 37.1 Å². The first kappa shape index (κ1) is 25.5. The van der Waals surface area contributed by atoms with E-state index in [0.717, 1.165) is 50.0 Å². The van der Waals surface area contributed by atoms with E-state index in [9.17, 15) is 4.79 Å². The van der Waals surface area contributed by atoms with Crippen molar-refractivity contribution in [3.8, 4) is 0 Å². The zero-order chi connectivity index (χ0) is 25.9. The van der Waals surface area contributed by atoms with Crippen molar-refractivity contribution in [1.29, 1.82) is 0 Å². The maximum Gasteiger partial charge on any atom is 0.336 e. The molecule has 1 saturated heterocycles. The maximum absolute atomic E-state index is 12.8. The lowest BCUT2D eigenvalue weighted by Crippen LogP contribution is -2.63. The summed E-state index contributed by atoms with van der Waals surface area (Å²) in [7, 11) is 0. The highest BCUT2D eigenvalue weighted by molar-refractivity contribution is 5.92. The lowest BCUT2D eigenvalue weighted by Gasteiger charge is -2.63. The van der Waals surface area contributed by atoms with E-state index in [1.165, 1.54) is 16.7 Å². The number of aryl methyl sites for hydroxylation is 1. The molecule has 2 saturated carbocycles. The minimum atomic E-state index is -0.522. The summed E-state index contributed by atoms with van der Waals surface area (Å²) in [5, 5.41) is 3.76. The number of hydrogen-bond acceptors (Lipinski definition) is 5. The number of benzene rings is 1.